The maximum atomic E-state index is 12.3. The molecule has 0 unspecified atom stereocenters. The molecule has 1 heterocycles. The zero-order chi connectivity index (χ0) is 19.2. The van der Waals surface area contributed by atoms with E-state index >= 15 is 0 Å². The van der Waals surface area contributed by atoms with Gasteiger partial charge in [0.05, 0.1) is 0 Å². The number of ketones is 1. The van der Waals surface area contributed by atoms with Gasteiger partial charge in [0, 0.05) is 48.9 Å². The Hall–Kier alpha value is -3.40. The zero-order valence-corrected chi connectivity index (χ0v) is 15.6. The van der Waals surface area contributed by atoms with Gasteiger partial charge in [0.1, 0.15) is 5.58 Å². The highest BCUT2D eigenvalue weighted by Gasteiger charge is 2.06. The van der Waals surface area contributed by atoms with Gasteiger partial charge in [0.2, 0.25) is 5.55 Å². The van der Waals surface area contributed by atoms with Crippen LogP contribution in [0.1, 0.15) is 15.9 Å². The second kappa shape index (κ2) is 8.32. The van der Waals surface area contributed by atoms with Crippen molar-refractivity contribution in [1.82, 2.24) is 0 Å². The monoisotopic (exact) mass is 358 g/mol. The van der Waals surface area contributed by atoms with Crippen molar-refractivity contribution >= 4 is 28.5 Å². The first kappa shape index (κ1) is 18.4. The standard InChI is InChI=1S/C23H22N2O2/c1-4-14-25(3)20-12-10-18-15-19(23(24-2)27-22(18)16-20)11-13-21(26)17-8-6-5-7-9-17/h4-13,15-16H,1,14H2,2-3H3. The van der Waals surface area contributed by atoms with Crippen LogP contribution in [0.25, 0.3) is 17.0 Å². The molecule has 136 valence electrons. The largest absolute Gasteiger partial charge is 0.438 e. The van der Waals surface area contributed by atoms with Crippen LogP contribution in [0.2, 0.25) is 0 Å². The molecule has 1 aromatic heterocycles. The molecule has 3 aromatic rings. The van der Waals surface area contributed by atoms with E-state index in [0.717, 1.165) is 28.8 Å². The second-order valence-electron chi connectivity index (χ2n) is 6.19. The molecule has 0 saturated heterocycles. The van der Waals surface area contributed by atoms with E-state index in [1.807, 2.05) is 55.6 Å². The Kier molecular flexibility index (Phi) is 5.67. The van der Waals surface area contributed by atoms with Crippen LogP contribution in [0, 0.1) is 0 Å². The van der Waals surface area contributed by atoms with E-state index < -0.39 is 0 Å². The van der Waals surface area contributed by atoms with Crippen molar-refractivity contribution < 1.29 is 9.21 Å². The number of hydrogen-bond acceptors (Lipinski definition) is 4. The number of likely N-dealkylation sites (N-methyl/N-ethyl adjacent to an activating group) is 1. The molecule has 0 saturated carbocycles. The van der Waals surface area contributed by atoms with Crippen LogP contribution in [0.4, 0.5) is 5.69 Å². The summed E-state index contributed by atoms with van der Waals surface area (Å²) in [6, 6.07) is 17.2. The van der Waals surface area contributed by atoms with Crippen LogP contribution >= 0.6 is 0 Å². The number of allylic oxidation sites excluding steroid dienone is 1. The summed E-state index contributed by atoms with van der Waals surface area (Å²) in [4.78, 5) is 18.6. The SMILES string of the molecule is C=CCN(C)c1ccc2cc(C=CC(=O)c3ccccc3)c(=NC)oc2c1. The molecule has 0 N–H and O–H groups in total. The lowest BCUT2D eigenvalue weighted by atomic mass is 10.1. The molecule has 0 aliphatic rings. The van der Waals surface area contributed by atoms with E-state index in [0.29, 0.717) is 11.1 Å². The summed E-state index contributed by atoms with van der Waals surface area (Å²) in [5.41, 5.74) is 3.69. The van der Waals surface area contributed by atoms with Crippen LogP contribution in [-0.2, 0) is 0 Å². The first-order chi connectivity index (χ1) is 13.1. The normalized spacial score (nSPS) is 11.9. The molecule has 0 amide bonds. The molecule has 0 atom stereocenters. The number of hydrogen-bond donors (Lipinski definition) is 0. The Morgan fingerprint density at radius 1 is 1.19 bits per heavy atom. The van der Waals surface area contributed by atoms with Crippen molar-refractivity contribution in [1.29, 1.82) is 0 Å². The van der Waals surface area contributed by atoms with Crippen LogP contribution in [0.5, 0.6) is 0 Å². The summed E-state index contributed by atoms with van der Waals surface area (Å²) in [6.45, 7) is 4.52. The summed E-state index contributed by atoms with van der Waals surface area (Å²) >= 11 is 0. The Balaban J connectivity index is 1.96. The molecule has 4 nitrogen and oxygen atoms in total. The molecule has 0 fully saturated rings. The lowest BCUT2D eigenvalue weighted by Gasteiger charge is -2.17. The van der Waals surface area contributed by atoms with E-state index in [1.54, 1.807) is 31.3 Å². The number of anilines is 1. The lowest BCUT2D eigenvalue weighted by molar-refractivity contribution is 0.104. The van der Waals surface area contributed by atoms with Crippen molar-refractivity contribution in [3.05, 3.63) is 90.0 Å². The first-order valence-electron chi connectivity index (χ1n) is 8.72. The molecular formula is C23H22N2O2. The number of fused-ring (bicyclic) bond motifs is 1. The van der Waals surface area contributed by atoms with Crippen LogP contribution in [-0.4, -0.2) is 26.4 Å². The van der Waals surface area contributed by atoms with Gasteiger partial charge in [0.25, 0.3) is 0 Å². The second-order valence-corrected chi connectivity index (χ2v) is 6.19. The molecule has 27 heavy (non-hydrogen) atoms. The quantitative estimate of drug-likeness (QED) is 0.371. The van der Waals surface area contributed by atoms with E-state index in [-0.39, 0.29) is 5.78 Å². The predicted octanol–water partition coefficient (Wildman–Crippen LogP) is 4.48. The van der Waals surface area contributed by atoms with Crippen molar-refractivity contribution in [2.75, 3.05) is 25.5 Å². The summed E-state index contributed by atoms with van der Waals surface area (Å²) in [5.74, 6) is -0.0563. The fourth-order valence-electron chi connectivity index (χ4n) is 2.82. The van der Waals surface area contributed by atoms with Crippen molar-refractivity contribution in [3.8, 4) is 0 Å². The van der Waals surface area contributed by atoms with Gasteiger partial charge < -0.3 is 9.32 Å². The average Bonchev–Trinajstić information content (AvgIpc) is 2.71. The minimum atomic E-state index is -0.0563. The number of rotatable bonds is 6. The molecular weight excluding hydrogens is 336 g/mol. The van der Waals surface area contributed by atoms with Gasteiger partial charge in [-0.05, 0) is 30.4 Å². The third kappa shape index (κ3) is 4.23. The Bertz CT molecular complexity index is 1060. The Morgan fingerprint density at radius 2 is 1.96 bits per heavy atom. The third-order valence-corrected chi connectivity index (χ3v) is 4.28. The minimum Gasteiger partial charge on any atom is -0.438 e. The molecule has 0 bridgehead atoms. The Morgan fingerprint density at radius 3 is 2.67 bits per heavy atom. The molecule has 4 heteroatoms. The van der Waals surface area contributed by atoms with Gasteiger partial charge in [-0.3, -0.25) is 9.79 Å². The highest BCUT2D eigenvalue weighted by Crippen LogP contribution is 2.21. The highest BCUT2D eigenvalue weighted by molar-refractivity contribution is 6.06. The molecule has 0 radical (unpaired) electrons. The fraction of sp³-hybridized carbons (Fsp3) is 0.130. The summed E-state index contributed by atoms with van der Waals surface area (Å²) in [5, 5.41) is 0.949. The van der Waals surface area contributed by atoms with Gasteiger partial charge in [-0.1, -0.05) is 36.4 Å². The lowest BCUT2D eigenvalue weighted by Crippen LogP contribution is -2.16. The van der Waals surface area contributed by atoms with Crippen molar-refractivity contribution in [2.45, 2.75) is 0 Å². The minimum absolute atomic E-state index is 0.0563. The van der Waals surface area contributed by atoms with Crippen molar-refractivity contribution in [3.63, 3.8) is 0 Å². The summed E-state index contributed by atoms with van der Waals surface area (Å²) in [6.07, 6.45) is 5.15. The molecule has 2 aromatic carbocycles. The van der Waals surface area contributed by atoms with E-state index in [1.165, 1.54) is 0 Å². The number of carbonyl (C=O) groups excluding carboxylic acids is 1. The third-order valence-electron chi connectivity index (χ3n) is 4.28. The Labute approximate surface area is 158 Å². The van der Waals surface area contributed by atoms with Crippen molar-refractivity contribution in [2.24, 2.45) is 4.99 Å². The number of carbonyl (C=O) groups is 1. The number of nitrogens with zero attached hydrogens (tertiary/aromatic N) is 2. The maximum Gasteiger partial charge on any atom is 0.221 e. The topological polar surface area (TPSA) is 45.8 Å². The first-order valence-corrected chi connectivity index (χ1v) is 8.72. The number of benzene rings is 2. The maximum absolute atomic E-state index is 12.3. The van der Waals surface area contributed by atoms with Gasteiger partial charge in [-0.25, -0.2) is 0 Å². The smallest absolute Gasteiger partial charge is 0.221 e. The zero-order valence-electron chi connectivity index (χ0n) is 15.6. The molecule has 3 rings (SSSR count). The summed E-state index contributed by atoms with van der Waals surface area (Å²) in [7, 11) is 3.68. The van der Waals surface area contributed by atoms with E-state index in [2.05, 4.69) is 16.5 Å². The fourth-order valence-corrected chi connectivity index (χ4v) is 2.82. The van der Waals surface area contributed by atoms with Gasteiger partial charge in [-0.2, -0.15) is 0 Å². The van der Waals surface area contributed by atoms with Gasteiger partial charge >= 0.3 is 0 Å². The van der Waals surface area contributed by atoms with Gasteiger partial charge in [-0.15, -0.1) is 6.58 Å². The molecule has 0 aliphatic heterocycles. The van der Waals surface area contributed by atoms with Crippen LogP contribution in [0.3, 0.4) is 0 Å². The summed E-state index contributed by atoms with van der Waals surface area (Å²) < 4.78 is 5.97. The van der Waals surface area contributed by atoms with Crippen LogP contribution in [0.15, 0.2) is 82.7 Å². The predicted molar refractivity (Wildman–Crippen MR) is 111 cm³/mol. The highest BCUT2D eigenvalue weighted by atomic mass is 16.3. The average molecular weight is 358 g/mol. The van der Waals surface area contributed by atoms with Crippen LogP contribution < -0.4 is 10.5 Å². The molecule has 0 spiro atoms. The molecule has 0 aliphatic carbocycles. The van der Waals surface area contributed by atoms with E-state index in [4.69, 9.17) is 4.42 Å². The van der Waals surface area contributed by atoms with Gasteiger partial charge in [0.15, 0.2) is 5.78 Å². The van der Waals surface area contributed by atoms with E-state index in [9.17, 15) is 4.79 Å².